The summed E-state index contributed by atoms with van der Waals surface area (Å²) in [5.74, 6) is 1.95. The lowest BCUT2D eigenvalue weighted by molar-refractivity contribution is 0.0955. The van der Waals surface area contributed by atoms with Crippen molar-refractivity contribution in [3.8, 4) is 11.5 Å². The van der Waals surface area contributed by atoms with Crippen molar-refractivity contribution in [1.82, 2.24) is 5.43 Å². The smallest absolute Gasteiger partial charge is 0.271 e. The zero-order valence-corrected chi connectivity index (χ0v) is 17.8. The maximum atomic E-state index is 12.4. The SMILES string of the molecule is C/C(=N\NC(=O)c1ccc(CSc2ccc(Cl)cc2)cc1)c1ccc2c(c1)OCO2. The highest BCUT2D eigenvalue weighted by Gasteiger charge is 2.14. The molecule has 0 radical (unpaired) electrons. The molecule has 1 aliphatic rings. The summed E-state index contributed by atoms with van der Waals surface area (Å²) in [5, 5.41) is 4.94. The number of thioether (sulfide) groups is 1. The predicted octanol–water partition coefficient (Wildman–Crippen LogP) is 5.52. The zero-order chi connectivity index (χ0) is 20.9. The van der Waals surface area contributed by atoms with Gasteiger partial charge in [0.2, 0.25) is 6.79 Å². The van der Waals surface area contributed by atoms with E-state index in [9.17, 15) is 4.79 Å². The number of nitrogens with one attached hydrogen (secondary N) is 1. The molecule has 0 fully saturated rings. The number of ether oxygens (including phenoxy) is 2. The van der Waals surface area contributed by atoms with E-state index < -0.39 is 0 Å². The van der Waals surface area contributed by atoms with Crippen LogP contribution < -0.4 is 14.9 Å². The van der Waals surface area contributed by atoms with Crippen LogP contribution in [0.25, 0.3) is 0 Å². The van der Waals surface area contributed by atoms with Crippen LogP contribution in [0.5, 0.6) is 11.5 Å². The van der Waals surface area contributed by atoms with E-state index >= 15 is 0 Å². The van der Waals surface area contributed by atoms with Gasteiger partial charge in [0.05, 0.1) is 5.71 Å². The van der Waals surface area contributed by atoms with E-state index in [4.69, 9.17) is 21.1 Å². The van der Waals surface area contributed by atoms with E-state index in [2.05, 4.69) is 10.5 Å². The summed E-state index contributed by atoms with van der Waals surface area (Å²) >= 11 is 7.63. The molecule has 0 aliphatic carbocycles. The van der Waals surface area contributed by atoms with Crippen molar-refractivity contribution in [2.24, 2.45) is 5.10 Å². The minimum Gasteiger partial charge on any atom is -0.454 e. The Morgan fingerprint density at radius 1 is 1.00 bits per heavy atom. The fourth-order valence-corrected chi connectivity index (χ4v) is 3.82. The van der Waals surface area contributed by atoms with Crippen LogP contribution in [-0.2, 0) is 5.75 Å². The lowest BCUT2D eigenvalue weighted by atomic mass is 10.1. The van der Waals surface area contributed by atoms with Gasteiger partial charge in [0, 0.05) is 26.8 Å². The number of hydrogen-bond acceptors (Lipinski definition) is 5. The van der Waals surface area contributed by atoms with E-state index in [1.54, 1.807) is 23.9 Å². The lowest BCUT2D eigenvalue weighted by Gasteiger charge is -2.06. The Morgan fingerprint density at radius 2 is 1.70 bits per heavy atom. The molecule has 0 spiro atoms. The number of halogens is 1. The van der Waals surface area contributed by atoms with Crippen molar-refractivity contribution in [2.75, 3.05) is 6.79 Å². The molecule has 0 saturated heterocycles. The van der Waals surface area contributed by atoms with Crippen molar-refractivity contribution in [2.45, 2.75) is 17.6 Å². The first kappa shape index (κ1) is 20.3. The molecular weight excluding hydrogens is 420 g/mol. The number of hydrogen-bond donors (Lipinski definition) is 1. The van der Waals surface area contributed by atoms with Crippen LogP contribution in [0, 0.1) is 0 Å². The summed E-state index contributed by atoms with van der Waals surface area (Å²) in [6, 6.07) is 20.8. The Balaban J connectivity index is 1.34. The molecule has 1 aliphatic heterocycles. The average Bonchev–Trinajstić information content (AvgIpc) is 3.25. The molecule has 5 nitrogen and oxygen atoms in total. The zero-order valence-electron chi connectivity index (χ0n) is 16.2. The highest BCUT2D eigenvalue weighted by atomic mass is 35.5. The van der Waals surface area contributed by atoms with E-state index in [0.717, 1.165) is 26.8 Å². The molecule has 0 atom stereocenters. The van der Waals surface area contributed by atoms with Crippen LogP contribution in [0.3, 0.4) is 0 Å². The first-order chi connectivity index (χ1) is 14.6. The van der Waals surface area contributed by atoms with Gasteiger partial charge in [-0.05, 0) is 67.1 Å². The summed E-state index contributed by atoms with van der Waals surface area (Å²) in [5.41, 5.74) is 5.83. The van der Waals surface area contributed by atoms with E-state index in [1.807, 2.05) is 61.5 Å². The number of carbonyl (C=O) groups excluding carboxylic acids is 1. The molecule has 0 saturated carbocycles. The molecular formula is C23H19ClN2O3S. The molecule has 1 N–H and O–H groups in total. The van der Waals surface area contributed by atoms with Gasteiger partial charge >= 0.3 is 0 Å². The summed E-state index contributed by atoms with van der Waals surface area (Å²) in [4.78, 5) is 13.6. The summed E-state index contributed by atoms with van der Waals surface area (Å²) in [6.07, 6.45) is 0. The standard InChI is InChI=1S/C23H19ClN2O3S/c1-15(18-6-11-21-22(12-18)29-14-28-21)25-26-23(27)17-4-2-16(3-5-17)13-30-20-9-7-19(24)8-10-20/h2-12H,13-14H2,1H3,(H,26,27)/b25-15+. The first-order valence-corrected chi connectivity index (χ1v) is 10.7. The minimum absolute atomic E-state index is 0.222. The number of carbonyl (C=O) groups is 1. The average molecular weight is 439 g/mol. The van der Waals surface area contributed by atoms with Crippen LogP contribution in [0.2, 0.25) is 5.02 Å². The largest absolute Gasteiger partial charge is 0.454 e. The molecule has 0 unspecified atom stereocenters. The second-order valence-electron chi connectivity index (χ2n) is 6.65. The van der Waals surface area contributed by atoms with Crippen LogP contribution in [-0.4, -0.2) is 18.4 Å². The molecule has 1 heterocycles. The molecule has 3 aromatic carbocycles. The van der Waals surface area contributed by atoms with Crippen LogP contribution >= 0.6 is 23.4 Å². The third kappa shape index (κ3) is 4.96. The summed E-state index contributed by atoms with van der Waals surface area (Å²) in [7, 11) is 0. The Labute approximate surface area is 184 Å². The quantitative estimate of drug-likeness (QED) is 0.313. The fourth-order valence-electron chi connectivity index (χ4n) is 2.84. The van der Waals surface area contributed by atoms with E-state index in [-0.39, 0.29) is 12.7 Å². The Kier molecular flexibility index (Phi) is 6.26. The van der Waals surface area contributed by atoms with Gasteiger partial charge < -0.3 is 9.47 Å². The number of benzene rings is 3. The van der Waals surface area contributed by atoms with Gasteiger partial charge in [-0.2, -0.15) is 5.10 Å². The minimum atomic E-state index is -0.257. The first-order valence-electron chi connectivity index (χ1n) is 9.30. The maximum absolute atomic E-state index is 12.4. The van der Waals surface area contributed by atoms with Crippen molar-refractivity contribution in [3.05, 3.63) is 88.4 Å². The number of nitrogens with zero attached hydrogens (tertiary/aromatic N) is 1. The second-order valence-corrected chi connectivity index (χ2v) is 8.13. The highest BCUT2D eigenvalue weighted by molar-refractivity contribution is 7.98. The maximum Gasteiger partial charge on any atom is 0.271 e. The van der Waals surface area contributed by atoms with Gasteiger partial charge in [0.25, 0.3) is 5.91 Å². The lowest BCUT2D eigenvalue weighted by Crippen LogP contribution is -2.19. The topological polar surface area (TPSA) is 59.9 Å². The molecule has 30 heavy (non-hydrogen) atoms. The van der Waals surface area contributed by atoms with Gasteiger partial charge in [-0.25, -0.2) is 5.43 Å². The fraction of sp³-hybridized carbons (Fsp3) is 0.130. The van der Waals surface area contributed by atoms with E-state index in [0.29, 0.717) is 22.8 Å². The number of fused-ring (bicyclic) bond motifs is 1. The monoisotopic (exact) mass is 438 g/mol. The van der Waals surface area contributed by atoms with Gasteiger partial charge in [-0.3, -0.25) is 4.79 Å². The highest BCUT2D eigenvalue weighted by Crippen LogP contribution is 2.32. The molecule has 152 valence electrons. The van der Waals surface area contributed by atoms with Crippen LogP contribution in [0.15, 0.2) is 76.7 Å². The Hall–Kier alpha value is -2.96. The summed E-state index contributed by atoms with van der Waals surface area (Å²) in [6.45, 7) is 2.05. The van der Waals surface area contributed by atoms with Crippen molar-refractivity contribution in [1.29, 1.82) is 0 Å². The van der Waals surface area contributed by atoms with Crippen LogP contribution in [0.1, 0.15) is 28.4 Å². The van der Waals surface area contributed by atoms with Crippen molar-refractivity contribution >= 4 is 35.0 Å². The Bertz CT molecular complexity index is 1080. The number of hydrazone groups is 1. The second kappa shape index (κ2) is 9.24. The number of rotatable bonds is 6. The van der Waals surface area contributed by atoms with Gasteiger partial charge in [-0.1, -0.05) is 23.7 Å². The van der Waals surface area contributed by atoms with Crippen molar-refractivity contribution in [3.63, 3.8) is 0 Å². The third-order valence-electron chi connectivity index (χ3n) is 4.55. The van der Waals surface area contributed by atoms with Gasteiger partial charge in [-0.15, -0.1) is 11.8 Å². The molecule has 1 amide bonds. The summed E-state index contributed by atoms with van der Waals surface area (Å²) < 4.78 is 10.7. The molecule has 0 aromatic heterocycles. The van der Waals surface area contributed by atoms with Gasteiger partial charge in [0.1, 0.15) is 0 Å². The predicted molar refractivity (Wildman–Crippen MR) is 120 cm³/mol. The molecule has 0 bridgehead atoms. The molecule has 4 rings (SSSR count). The molecule has 7 heteroatoms. The number of amides is 1. The third-order valence-corrected chi connectivity index (χ3v) is 5.89. The van der Waals surface area contributed by atoms with Crippen molar-refractivity contribution < 1.29 is 14.3 Å². The van der Waals surface area contributed by atoms with Gasteiger partial charge in [0.15, 0.2) is 11.5 Å². The molecule has 3 aromatic rings. The van der Waals surface area contributed by atoms with E-state index in [1.165, 1.54) is 0 Å². The van der Waals surface area contributed by atoms with Crippen LogP contribution in [0.4, 0.5) is 0 Å². The Morgan fingerprint density at radius 3 is 2.47 bits per heavy atom. The normalized spacial score (nSPS) is 12.7.